The number of benzene rings is 1. The summed E-state index contributed by atoms with van der Waals surface area (Å²) in [5.41, 5.74) is 5.39. The van der Waals surface area contributed by atoms with Crippen LogP contribution in [-0.2, 0) is 14.6 Å². The van der Waals surface area contributed by atoms with Crippen LogP contribution < -0.4 is 11.1 Å². The van der Waals surface area contributed by atoms with Crippen molar-refractivity contribution in [2.75, 3.05) is 11.9 Å². The predicted octanol–water partition coefficient (Wildman–Crippen LogP) is 0.269. The number of rotatable bonds is 2. The molecule has 0 saturated heterocycles. The zero-order valence-corrected chi connectivity index (χ0v) is 9.63. The van der Waals surface area contributed by atoms with Crippen LogP contribution in [0.4, 0.5) is 10.1 Å². The van der Waals surface area contributed by atoms with Gasteiger partial charge in [-0.05, 0) is 31.2 Å². The largest absolute Gasteiger partial charge is 0.330 e. The second-order valence-electron chi connectivity index (χ2n) is 3.74. The van der Waals surface area contributed by atoms with Gasteiger partial charge in [0.15, 0.2) is 9.84 Å². The molecule has 1 amide bonds. The minimum atomic E-state index is -3.85. The zero-order valence-electron chi connectivity index (χ0n) is 8.81. The molecule has 5 nitrogen and oxygen atoms in total. The maximum Gasteiger partial charge on any atom is 0.243 e. The molecule has 0 aliphatic carbocycles. The minimum absolute atomic E-state index is 0.0180. The average molecular weight is 258 g/mol. The molecule has 1 aliphatic rings. The molecule has 0 spiro atoms. The molecule has 92 valence electrons. The summed E-state index contributed by atoms with van der Waals surface area (Å²) in [4.78, 5) is 11.4. The van der Waals surface area contributed by atoms with Gasteiger partial charge in [0.1, 0.15) is 11.1 Å². The molecule has 0 fully saturated rings. The van der Waals surface area contributed by atoms with Gasteiger partial charge in [-0.1, -0.05) is 0 Å². The van der Waals surface area contributed by atoms with Crippen molar-refractivity contribution in [1.29, 1.82) is 0 Å². The highest BCUT2D eigenvalue weighted by molar-refractivity contribution is 7.93. The molecule has 1 aliphatic heterocycles. The highest BCUT2D eigenvalue weighted by Crippen LogP contribution is 2.31. The number of sulfone groups is 1. The Bertz CT molecular complexity index is 571. The van der Waals surface area contributed by atoms with E-state index in [2.05, 4.69) is 5.32 Å². The van der Waals surface area contributed by atoms with Crippen molar-refractivity contribution in [3.63, 3.8) is 0 Å². The van der Waals surface area contributed by atoms with Gasteiger partial charge in [-0.25, -0.2) is 12.8 Å². The molecule has 1 atom stereocenters. The van der Waals surface area contributed by atoms with Crippen LogP contribution in [0.3, 0.4) is 0 Å². The quantitative estimate of drug-likeness (QED) is 0.796. The molecule has 0 saturated carbocycles. The lowest BCUT2D eigenvalue weighted by Gasteiger charge is -2.24. The first-order valence-corrected chi connectivity index (χ1v) is 6.56. The van der Waals surface area contributed by atoms with Crippen LogP contribution >= 0.6 is 0 Å². The SMILES string of the molecule is NCCC1C(=O)Nc2ccc(F)cc2S1(=O)=O. The lowest BCUT2D eigenvalue weighted by molar-refractivity contribution is -0.116. The van der Waals surface area contributed by atoms with E-state index in [4.69, 9.17) is 5.73 Å². The molecule has 7 heteroatoms. The molecule has 17 heavy (non-hydrogen) atoms. The van der Waals surface area contributed by atoms with Gasteiger partial charge in [-0.15, -0.1) is 0 Å². The smallest absolute Gasteiger partial charge is 0.243 e. The lowest BCUT2D eigenvalue weighted by atomic mass is 10.2. The van der Waals surface area contributed by atoms with Crippen LogP contribution in [0.5, 0.6) is 0 Å². The van der Waals surface area contributed by atoms with E-state index in [9.17, 15) is 17.6 Å². The van der Waals surface area contributed by atoms with E-state index < -0.39 is 26.8 Å². The van der Waals surface area contributed by atoms with E-state index in [1.165, 1.54) is 6.07 Å². The standard InChI is InChI=1S/C10H11FN2O3S/c11-6-1-2-7-9(5-6)17(15,16)8(3-4-12)10(14)13-7/h1-2,5,8H,3-4,12H2,(H,13,14). The average Bonchev–Trinajstić information content (AvgIpc) is 2.26. The molecular formula is C10H11FN2O3S. The van der Waals surface area contributed by atoms with Crippen LogP contribution in [0.2, 0.25) is 0 Å². The number of hydrogen-bond donors (Lipinski definition) is 2. The van der Waals surface area contributed by atoms with Crippen molar-refractivity contribution in [2.24, 2.45) is 5.73 Å². The number of fused-ring (bicyclic) bond motifs is 1. The van der Waals surface area contributed by atoms with Gasteiger partial charge in [-0.2, -0.15) is 0 Å². The highest BCUT2D eigenvalue weighted by Gasteiger charge is 2.39. The molecule has 1 aromatic carbocycles. The third-order valence-electron chi connectivity index (χ3n) is 2.60. The molecular weight excluding hydrogens is 247 g/mol. The first kappa shape index (κ1) is 12.0. The summed E-state index contributed by atoms with van der Waals surface area (Å²) < 4.78 is 37.2. The number of carbonyl (C=O) groups is 1. The van der Waals surface area contributed by atoms with E-state index in [0.717, 1.165) is 12.1 Å². The molecule has 1 unspecified atom stereocenters. The number of carbonyl (C=O) groups excluding carboxylic acids is 1. The van der Waals surface area contributed by atoms with Gasteiger partial charge >= 0.3 is 0 Å². The molecule has 0 aromatic heterocycles. The van der Waals surface area contributed by atoms with Gasteiger partial charge in [0, 0.05) is 0 Å². The molecule has 1 heterocycles. The fourth-order valence-electron chi connectivity index (χ4n) is 1.78. The van der Waals surface area contributed by atoms with Crippen molar-refractivity contribution < 1.29 is 17.6 Å². The Morgan fingerprint density at radius 3 is 2.76 bits per heavy atom. The second kappa shape index (κ2) is 4.08. The summed E-state index contributed by atoms with van der Waals surface area (Å²) in [6.07, 6.45) is 0.0180. The minimum Gasteiger partial charge on any atom is -0.330 e. The van der Waals surface area contributed by atoms with E-state index in [-0.39, 0.29) is 23.5 Å². The number of nitrogens with two attached hydrogens (primary N) is 1. The maximum absolute atomic E-state index is 13.0. The zero-order chi connectivity index (χ0) is 12.6. The van der Waals surface area contributed by atoms with Crippen molar-refractivity contribution in [3.8, 4) is 0 Å². The molecule has 3 N–H and O–H groups in total. The van der Waals surface area contributed by atoms with E-state index >= 15 is 0 Å². The number of halogens is 1. The van der Waals surface area contributed by atoms with Gasteiger partial charge in [0.2, 0.25) is 5.91 Å². The molecule has 2 rings (SSSR count). The number of hydrogen-bond acceptors (Lipinski definition) is 4. The van der Waals surface area contributed by atoms with Crippen LogP contribution in [0, 0.1) is 5.82 Å². The number of anilines is 1. The summed E-state index contributed by atoms with van der Waals surface area (Å²) in [6.45, 7) is 0.0714. The van der Waals surface area contributed by atoms with E-state index in [1.807, 2.05) is 0 Å². The third kappa shape index (κ3) is 1.91. The molecule has 1 aromatic rings. The molecule has 0 bridgehead atoms. The Morgan fingerprint density at radius 1 is 1.41 bits per heavy atom. The normalized spacial score (nSPS) is 21.8. The van der Waals surface area contributed by atoms with Gasteiger partial charge in [0.05, 0.1) is 10.6 Å². The number of amides is 1. The first-order chi connectivity index (χ1) is 7.96. The first-order valence-electron chi connectivity index (χ1n) is 5.01. The van der Waals surface area contributed by atoms with Gasteiger partial charge in [0.25, 0.3) is 0 Å². The fraction of sp³-hybridized carbons (Fsp3) is 0.300. The second-order valence-corrected chi connectivity index (χ2v) is 5.84. The van der Waals surface area contributed by atoms with Gasteiger partial charge < -0.3 is 11.1 Å². The Balaban J connectivity index is 2.59. The van der Waals surface area contributed by atoms with E-state index in [0.29, 0.717) is 0 Å². The fourth-order valence-corrected chi connectivity index (χ4v) is 3.58. The number of nitrogens with one attached hydrogen (secondary N) is 1. The third-order valence-corrected chi connectivity index (χ3v) is 4.75. The topological polar surface area (TPSA) is 89.3 Å². The summed E-state index contributed by atoms with van der Waals surface area (Å²) in [5, 5.41) is 1.20. The van der Waals surface area contributed by atoms with Gasteiger partial charge in [-0.3, -0.25) is 4.79 Å². The maximum atomic E-state index is 13.0. The van der Waals surface area contributed by atoms with Crippen LogP contribution in [0.25, 0.3) is 0 Å². The molecule has 0 radical (unpaired) electrons. The van der Waals surface area contributed by atoms with Crippen LogP contribution in [0.15, 0.2) is 23.1 Å². The summed E-state index contributed by atoms with van der Waals surface area (Å²) >= 11 is 0. The Kier molecular flexibility index (Phi) is 2.88. The Morgan fingerprint density at radius 2 is 2.12 bits per heavy atom. The highest BCUT2D eigenvalue weighted by atomic mass is 32.2. The summed E-state index contributed by atoms with van der Waals surface area (Å²) in [6, 6.07) is 3.24. The van der Waals surface area contributed by atoms with Crippen molar-refractivity contribution in [2.45, 2.75) is 16.6 Å². The van der Waals surface area contributed by atoms with Crippen LogP contribution in [-0.4, -0.2) is 26.1 Å². The van der Waals surface area contributed by atoms with E-state index in [1.54, 1.807) is 0 Å². The van der Waals surface area contributed by atoms with Crippen molar-refractivity contribution >= 4 is 21.4 Å². The Labute approximate surface area is 97.7 Å². The monoisotopic (exact) mass is 258 g/mol. The lowest BCUT2D eigenvalue weighted by Crippen LogP contribution is -2.41. The summed E-state index contributed by atoms with van der Waals surface area (Å²) in [5.74, 6) is -1.27. The Hall–Kier alpha value is -1.47. The van der Waals surface area contributed by atoms with Crippen molar-refractivity contribution in [3.05, 3.63) is 24.0 Å². The van der Waals surface area contributed by atoms with Crippen molar-refractivity contribution in [1.82, 2.24) is 0 Å². The predicted molar refractivity (Wildman–Crippen MR) is 59.7 cm³/mol. The van der Waals surface area contributed by atoms with Crippen LogP contribution in [0.1, 0.15) is 6.42 Å². The summed E-state index contributed by atoms with van der Waals surface area (Å²) in [7, 11) is -3.85.